The number of fused-ring (bicyclic) bond motifs is 1. The van der Waals surface area contributed by atoms with E-state index in [1.165, 1.54) is 5.70 Å². The van der Waals surface area contributed by atoms with Crippen molar-refractivity contribution in [1.82, 2.24) is 4.90 Å². The molecule has 0 bridgehead atoms. The van der Waals surface area contributed by atoms with Gasteiger partial charge >= 0.3 is 0 Å². The fraction of sp³-hybridized carbons (Fsp3) is 0.714. The molecule has 0 aromatic heterocycles. The molecule has 0 aromatic rings. The van der Waals surface area contributed by atoms with Crippen LogP contribution in [0.2, 0.25) is 0 Å². The first-order valence-corrected chi connectivity index (χ1v) is 3.60. The van der Waals surface area contributed by atoms with Crippen LogP contribution in [0.25, 0.3) is 0 Å². The van der Waals surface area contributed by atoms with Crippen molar-refractivity contribution < 1.29 is 9.47 Å². The van der Waals surface area contributed by atoms with Crippen LogP contribution in [0.15, 0.2) is 12.0 Å². The molecule has 2 aliphatic rings. The molecule has 0 saturated carbocycles. The average molecular weight is 141 g/mol. The lowest BCUT2D eigenvalue weighted by molar-refractivity contribution is 0.0546. The van der Waals surface area contributed by atoms with E-state index in [1.807, 2.05) is 0 Å². The first-order valence-electron chi connectivity index (χ1n) is 3.60. The molecule has 0 aliphatic carbocycles. The topological polar surface area (TPSA) is 21.7 Å². The summed E-state index contributed by atoms with van der Waals surface area (Å²) in [7, 11) is 0. The zero-order valence-corrected chi connectivity index (χ0v) is 6.04. The summed E-state index contributed by atoms with van der Waals surface area (Å²) in [5.41, 5.74) is 1.21. The Morgan fingerprint density at radius 1 is 1.70 bits per heavy atom. The van der Waals surface area contributed by atoms with E-state index in [2.05, 4.69) is 11.8 Å². The molecule has 2 heterocycles. The van der Waals surface area contributed by atoms with Gasteiger partial charge in [-0.25, -0.2) is 0 Å². The van der Waals surface area contributed by atoms with Crippen LogP contribution in [-0.4, -0.2) is 24.5 Å². The molecule has 1 unspecified atom stereocenters. The van der Waals surface area contributed by atoms with Gasteiger partial charge in [-0.2, -0.15) is 0 Å². The lowest BCUT2D eigenvalue weighted by Gasteiger charge is -2.07. The summed E-state index contributed by atoms with van der Waals surface area (Å²) < 4.78 is 10.6. The van der Waals surface area contributed by atoms with Crippen molar-refractivity contribution in [1.29, 1.82) is 0 Å². The van der Waals surface area contributed by atoms with Crippen molar-refractivity contribution in [2.45, 2.75) is 19.4 Å². The second kappa shape index (κ2) is 2.16. The van der Waals surface area contributed by atoms with Crippen LogP contribution in [0.1, 0.15) is 13.3 Å². The van der Waals surface area contributed by atoms with Crippen molar-refractivity contribution in [3.63, 3.8) is 0 Å². The maximum absolute atomic E-state index is 5.45. The number of nitrogens with zero attached hydrogens (tertiary/aromatic N) is 1. The molecule has 56 valence electrons. The monoisotopic (exact) mass is 141 g/mol. The Bertz CT molecular complexity index is 167. The minimum Gasteiger partial charge on any atom is -0.479 e. The van der Waals surface area contributed by atoms with Gasteiger partial charge in [0.05, 0.1) is 5.70 Å². The van der Waals surface area contributed by atoms with Gasteiger partial charge in [0.15, 0.2) is 6.73 Å². The zero-order valence-electron chi connectivity index (χ0n) is 6.04. The van der Waals surface area contributed by atoms with Gasteiger partial charge in [-0.15, -0.1) is 0 Å². The highest BCUT2D eigenvalue weighted by Crippen LogP contribution is 2.26. The third kappa shape index (κ3) is 0.703. The SMILES string of the molecule is CCC1OCN2COC=C12. The fourth-order valence-electron chi connectivity index (χ4n) is 1.35. The molecule has 3 nitrogen and oxygen atoms in total. The van der Waals surface area contributed by atoms with Crippen molar-refractivity contribution in [2.24, 2.45) is 0 Å². The van der Waals surface area contributed by atoms with Crippen LogP contribution in [-0.2, 0) is 9.47 Å². The maximum Gasteiger partial charge on any atom is 0.162 e. The predicted molar refractivity (Wildman–Crippen MR) is 35.9 cm³/mol. The van der Waals surface area contributed by atoms with Crippen LogP contribution in [0.4, 0.5) is 0 Å². The standard InChI is InChI=1S/C7H11NO2/c1-2-7-6-3-9-4-8(6)5-10-7/h3,7H,2,4-5H2,1H3. The van der Waals surface area contributed by atoms with E-state index >= 15 is 0 Å². The molecule has 0 spiro atoms. The molecular formula is C7H11NO2. The van der Waals surface area contributed by atoms with Gasteiger partial charge < -0.3 is 14.4 Å². The predicted octanol–water partition coefficient (Wildman–Crippen LogP) is 0.884. The molecule has 2 rings (SSSR count). The summed E-state index contributed by atoms with van der Waals surface area (Å²) >= 11 is 0. The van der Waals surface area contributed by atoms with Crippen LogP contribution in [0.3, 0.4) is 0 Å². The van der Waals surface area contributed by atoms with E-state index in [9.17, 15) is 0 Å². The van der Waals surface area contributed by atoms with Gasteiger partial charge in [0.25, 0.3) is 0 Å². The van der Waals surface area contributed by atoms with E-state index in [-0.39, 0.29) is 6.10 Å². The third-order valence-electron chi connectivity index (χ3n) is 1.93. The summed E-state index contributed by atoms with van der Waals surface area (Å²) in [4.78, 5) is 2.11. The normalized spacial score (nSPS) is 29.9. The second-order valence-electron chi connectivity index (χ2n) is 2.57. The van der Waals surface area contributed by atoms with Gasteiger partial charge in [-0.1, -0.05) is 6.92 Å². The highest BCUT2D eigenvalue weighted by atomic mass is 16.5. The Labute approximate surface area is 60.2 Å². The summed E-state index contributed by atoms with van der Waals surface area (Å²) in [5.74, 6) is 0. The highest BCUT2D eigenvalue weighted by molar-refractivity contribution is 5.09. The minimum absolute atomic E-state index is 0.280. The van der Waals surface area contributed by atoms with E-state index in [1.54, 1.807) is 6.26 Å². The first-order chi connectivity index (χ1) is 4.92. The smallest absolute Gasteiger partial charge is 0.162 e. The molecular weight excluding hydrogens is 130 g/mol. The van der Waals surface area contributed by atoms with Crippen LogP contribution in [0, 0.1) is 0 Å². The molecule has 0 radical (unpaired) electrons. The number of hydrogen-bond acceptors (Lipinski definition) is 3. The molecule has 10 heavy (non-hydrogen) atoms. The minimum atomic E-state index is 0.280. The van der Waals surface area contributed by atoms with E-state index in [0.29, 0.717) is 13.5 Å². The maximum atomic E-state index is 5.45. The van der Waals surface area contributed by atoms with Crippen molar-refractivity contribution in [3.05, 3.63) is 12.0 Å². The molecule has 0 amide bonds. The Balaban J connectivity index is 2.14. The summed E-state index contributed by atoms with van der Waals surface area (Å²) in [6.45, 7) is 3.49. The lowest BCUT2D eigenvalue weighted by atomic mass is 10.2. The van der Waals surface area contributed by atoms with Gasteiger partial charge in [0.2, 0.25) is 0 Å². The fourth-order valence-corrected chi connectivity index (χ4v) is 1.35. The van der Waals surface area contributed by atoms with Gasteiger partial charge in [-0.05, 0) is 6.42 Å². The van der Waals surface area contributed by atoms with Crippen LogP contribution < -0.4 is 0 Å². The van der Waals surface area contributed by atoms with E-state index < -0.39 is 0 Å². The Kier molecular flexibility index (Phi) is 1.31. The lowest BCUT2D eigenvalue weighted by Crippen LogP contribution is -2.15. The quantitative estimate of drug-likeness (QED) is 0.541. The zero-order chi connectivity index (χ0) is 6.97. The molecule has 1 saturated heterocycles. The molecule has 3 heteroatoms. The van der Waals surface area contributed by atoms with Gasteiger partial charge in [0, 0.05) is 0 Å². The Morgan fingerprint density at radius 3 is 3.40 bits per heavy atom. The van der Waals surface area contributed by atoms with Crippen molar-refractivity contribution >= 4 is 0 Å². The first kappa shape index (κ1) is 6.04. The average Bonchev–Trinajstić information content (AvgIpc) is 2.44. The second-order valence-corrected chi connectivity index (χ2v) is 2.57. The van der Waals surface area contributed by atoms with Gasteiger partial charge in [-0.3, -0.25) is 0 Å². The Morgan fingerprint density at radius 2 is 2.60 bits per heavy atom. The van der Waals surface area contributed by atoms with Crippen molar-refractivity contribution in [2.75, 3.05) is 13.5 Å². The third-order valence-corrected chi connectivity index (χ3v) is 1.93. The molecule has 1 atom stereocenters. The summed E-state index contributed by atoms with van der Waals surface area (Å²) in [6.07, 6.45) is 3.12. The van der Waals surface area contributed by atoms with E-state index in [4.69, 9.17) is 9.47 Å². The number of rotatable bonds is 1. The van der Waals surface area contributed by atoms with E-state index in [0.717, 1.165) is 6.42 Å². The molecule has 2 aliphatic heterocycles. The summed E-state index contributed by atoms with van der Waals surface area (Å²) in [6, 6.07) is 0. The van der Waals surface area contributed by atoms with Crippen LogP contribution in [0.5, 0.6) is 0 Å². The molecule has 0 N–H and O–H groups in total. The highest BCUT2D eigenvalue weighted by Gasteiger charge is 2.30. The number of ether oxygens (including phenoxy) is 2. The molecule has 0 aromatic carbocycles. The van der Waals surface area contributed by atoms with Crippen LogP contribution >= 0.6 is 0 Å². The Hall–Kier alpha value is -0.700. The largest absolute Gasteiger partial charge is 0.479 e. The van der Waals surface area contributed by atoms with Crippen molar-refractivity contribution in [3.8, 4) is 0 Å². The number of hydrogen-bond donors (Lipinski definition) is 0. The molecule has 1 fully saturated rings. The van der Waals surface area contributed by atoms with Gasteiger partial charge in [0.1, 0.15) is 19.1 Å². The summed E-state index contributed by atoms with van der Waals surface area (Å²) in [5, 5.41) is 0.